The van der Waals surface area contributed by atoms with Gasteiger partial charge in [-0.25, -0.2) is 0 Å². The van der Waals surface area contributed by atoms with Crippen molar-refractivity contribution in [3.63, 3.8) is 0 Å². The fourth-order valence-corrected chi connectivity index (χ4v) is 7.49. The van der Waals surface area contributed by atoms with Gasteiger partial charge in [-0.05, 0) is 84.4 Å². The first-order valence-electron chi connectivity index (χ1n) is 8.53. The number of hydrogen-bond acceptors (Lipinski definition) is 0. The average molecular weight is 244 g/mol. The molecule has 0 bridgehead atoms. The smallest absolute Gasteiger partial charge is 0.0196 e. The molecule has 5 aliphatic rings. The Morgan fingerprint density at radius 2 is 1.78 bits per heavy atom. The zero-order chi connectivity index (χ0) is 12.3. The van der Waals surface area contributed by atoms with Crippen molar-refractivity contribution in [3.05, 3.63) is 0 Å². The van der Waals surface area contributed by atoms with E-state index >= 15 is 0 Å². The van der Waals surface area contributed by atoms with Crippen LogP contribution in [0, 0.1) is 45.8 Å². The molecular formula is C18H28. The molecule has 2 spiro atoms. The molecule has 5 saturated carbocycles. The molecule has 5 aliphatic carbocycles. The standard InChI is InChI=1S/C18H28/c1-11-8-16(3)14(13-5-4-12(13)2)15(16)18(9-11)10-17(18)6-7-17/h11-15H,4-10H2,1-3H3. The lowest BCUT2D eigenvalue weighted by atomic mass is 9.70. The molecule has 0 aromatic heterocycles. The second-order valence-corrected chi connectivity index (χ2v) is 9.35. The SMILES string of the molecule is CC1CC2(C)C(C3CCC3C)C2C2(C1)CC21CC1. The van der Waals surface area contributed by atoms with Gasteiger partial charge in [0.15, 0.2) is 0 Å². The van der Waals surface area contributed by atoms with Crippen molar-refractivity contribution in [2.75, 3.05) is 0 Å². The van der Waals surface area contributed by atoms with Crippen molar-refractivity contribution < 1.29 is 0 Å². The van der Waals surface area contributed by atoms with Gasteiger partial charge in [0.2, 0.25) is 0 Å². The first kappa shape index (κ1) is 10.7. The van der Waals surface area contributed by atoms with Crippen molar-refractivity contribution in [3.8, 4) is 0 Å². The van der Waals surface area contributed by atoms with Gasteiger partial charge in [0.1, 0.15) is 0 Å². The fourth-order valence-electron chi connectivity index (χ4n) is 7.49. The van der Waals surface area contributed by atoms with Crippen molar-refractivity contribution in [1.29, 1.82) is 0 Å². The Balaban J connectivity index is 1.50. The van der Waals surface area contributed by atoms with Crippen molar-refractivity contribution in [2.24, 2.45) is 45.8 Å². The van der Waals surface area contributed by atoms with E-state index in [4.69, 9.17) is 0 Å². The Kier molecular flexibility index (Phi) is 1.62. The zero-order valence-electron chi connectivity index (χ0n) is 12.3. The van der Waals surface area contributed by atoms with Gasteiger partial charge in [-0.2, -0.15) is 0 Å². The van der Waals surface area contributed by atoms with E-state index in [0.717, 1.165) is 45.8 Å². The molecule has 7 atom stereocenters. The van der Waals surface area contributed by atoms with Crippen LogP contribution in [-0.4, -0.2) is 0 Å². The van der Waals surface area contributed by atoms with Gasteiger partial charge in [0.05, 0.1) is 0 Å². The molecule has 0 heterocycles. The molecule has 0 radical (unpaired) electrons. The second kappa shape index (κ2) is 2.72. The predicted octanol–water partition coefficient (Wildman–Crippen LogP) is 4.89. The molecule has 5 fully saturated rings. The first-order valence-corrected chi connectivity index (χ1v) is 8.53. The molecule has 0 amide bonds. The first-order chi connectivity index (χ1) is 8.53. The van der Waals surface area contributed by atoms with Crippen molar-refractivity contribution in [2.45, 2.75) is 65.7 Å². The number of rotatable bonds is 1. The lowest BCUT2D eigenvalue weighted by molar-refractivity contribution is 0.142. The van der Waals surface area contributed by atoms with Gasteiger partial charge in [-0.3, -0.25) is 0 Å². The minimum Gasteiger partial charge on any atom is -0.0625 e. The van der Waals surface area contributed by atoms with E-state index in [1.165, 1.54) is 6.42 Å². The highest BCUT2D eigenvalue weighted by Gasteiger charge is 2.86. The van der Waals surface area contributed by atoms with Crippen LogP contribution in [0.15, 0.2) is 0 Å². The molecule has 0 N–H and O–H groups in total. The van der Waals surface area contributed by atoms with Crippen LogP contribution < -0.4 is 0 Å². The topological polar surface area (TPSA) is 0 Å². The third-order valence-electron chi connectivity index (χ3n) is 8.40. The van der Waals surface area contributed by atoms with Crippen molar-refractivity contribution in [1.82, 2.24) is 0 Å². The Labute approximate surface area is 112 Å². The highest BCUT2D eigenvalue weighted by atomic mass is 14.9. The van der Waals surface area contributed by atoms with Crippen LogP contribution >= 0.6 is 0 Å². The maximum Gasteiger partial charge on any atom is -0.0196 e. The molecule has 0 heteroatoms. The lowest BCUT2D eigenvalue weighted by Crippen LogP contribution is -2.27. The fraction of sp³-hybridized carbons (Fsp3) is 1.00. The summed E-state index contributed by atoms with van der Waals surface area (Å²) in [5, 5.41) is 0. The zero-order valence-corrected chi connectivity index (χ0v) is 12.3. The number of hydrogen-bond donors (Lipinski definition) is 0. The van der Waals surface area contributed by atoms with Gasteiger partial charge in [0.25, 0.3) is 0 Å². The highest BCUT2D eigenvalue weighted by molar-refractivity contribution is 5.34. The van der Waals surface area contributed by atoms with Crippen LogP contribution in [0.2, 0.25) is 0 Å². The van der Waals surface area contributed by atoms with Gasteiger partial charge in [-0.1, -0.05) is 27.2 Å². The van der Waals surface area contributed by atoms with E-state index in [2.05, 4.69) is 20.8 Å². The van der Waals surface area contributed by atoms with Gasteiger partial charge >= 0.3 is 0 Å². The van der Waals surface area contributed by atoms with Crippen LogP contribution in [0.4, 0.5) is 0 Å². The largest absolute Gasteiger partial charge is 0.0625 e. The van der Waals surface area contributed by atoms with Crippen LogP contribution in [0.1, 0.15) is 65.7 Å². The van der Waals surface area contributed by atoms with Gasteiger partial charge in [-0.15, -0.1) is 0 Å². The van der Waals surface area contributed by atoms with Crippen LogP contribution in [0.3, 0.4) is 0 Å². The minimum absolute atomic E-state index is 0.781. The van der Waals surface area contributed by atoms with E-state index in [9.17, 15) is 0 Å². The summed E-state index contributed by atoms with van der Waals surface area (Å²) in [5.41, 5.74) is 2.57. The molecule has 0 aromatic rings. The summed E-state index contributed by atoms with van der Waals surface area (Å²) in [4.78, 5) is 0. The predicted molar refractivity (Wildman–Crippen MR) is 74.1 cm³/mol. The van der Waals surface area contributed by atoms with E-state index in [-0.39, 0.29) is 0 Å². The Morgan fingerprint density at radius 1 is 1.00 bits per heavy atom. The maximum atomic E-state index is 2.68. The molecule has 0 aliphatic heterocycles. The Bertz CT molecular complexity index is 420. The second-order valence-electron chi connectivity index (χ2n) is 9.35. The molecule has 5 rings (SSSR count). The third-order valence-corrected chi connectivity index (χ3v) is 8.40. The monoisotopic (exact) mass is 244 g/mol. The summed E-state index contributed by atoms with van der Waals surface area (Å²) >= 11 is 0. The van der Waals surface area contributed by atoms with Gasteiger partial charge < -0.3 is 0 Å². The summed E-state index contributed by atoms with van der Waals surface area (Å²) in [6.07, 6.45) is 11.1. The van der Waals surface area contributed by atoms with Crippen molar-refractivity contribution >= 4 is 0 Å². The van der Waals surface area contributed by atoms with E-state index in [0.29, 0.717) is 0 Å². The molecule has 7 unspecified atom stereocenters. The number of fused-ring (bicyclic) bond motifs is 3. The quantitative estimate of drug-likeness (QED) is 0.616. The van der Waals surface area contributed by atoms with Crippen LogP contribution in [0.25, 0.3) is 0 Å². The summed E-state index contributed by atoms with van der Waals surface area (Å²) < 4.78 is 0. The summed E-state index contributed by atoms with van der Waals surface area (Å²) in [5.74, 6) is 5.51. The molecular weight excluding hydrogens is 216 g/mol. The van der Waals surface area contributed by atoms with E-state index in [1.54, 1.807) is 38.5 Å². The third kappa shape index (κ3) is 0.967. The molecule has 0 saturated heterocycles. The highest BCUT2D eigenvalue weighted by Crippen LogP contribution is 2.93. The molecule has 100 valence electrons. The van der Waals surface area contributed by atoms with E-state index in [1.807, 2.05) is 0 Å². The minimum atomic E-state index is 0.781. The molecule has 18 heavy (non-hydrogen) atoms. The van der Waals surface area contributed by atoms with E-state index < -0.39 is 0 Å². The Hall–Kier alpha value is 0. The molecule has 0 aromatic carbocycles. The van der Waals surface area contributed by atoms with Crippen LogP contribution in [-0.2, 0) is 0 Å². The maximum absolute atomic E-state index is 2.68. The summed E-state index contributed by atoms with van der Waals surface area (Å²) in [7, 11) is 0. The lowest BCUT2D eigenvalue weighted by Gasteiger charge is -2.36. The van der Waals surface area contributed by atoms with Gasteiger partial charge in [0, 0.05) is 0 Å². The van der Waals surface area contributed by atoms with Crippen LogP contribution in [0.5, 0.6) is 0 Å². The summed E-state index contributed by atoms with van der Waals surface area (Å²) in [6.45, 7) is 7.76. The Morgan fingerprint density at radius 3 is 2.28 bits per heavy atom. The normalized spacial score (nSPS) is 66.5. The average Bonchev–Trinajstić information content (AvgIpc) is 3.18. The molecule has 0 nitrogen and oxygen atoms in total. The summed E-state index contributed by atoms with van der Waals surface area (Å²) in [6, 6.07) is 0.